The summed E-state index contributed by atoms with van der Waals surface area (Å²) in [5.74, 6) is -0.871. The molecule has 1 heterocycles. The van der Waals surface area contributed by atoms with Crippen LogP contribution in [0.25, 0.3) is 11.1 Å². The number of carbonyl (C=O) groups excluding carboxylic acids is 3. The van der Waals surface area contributed by atoms with E-state index in [0.29, 0.717) is 33.0 Å². The van der Waals surface area contributed by atoms with Crippen LogP contribution in [0, 0.1) is 0 Å². The van der Waals surface area contributed by atoms with Gasteiger partial charge in [0.1, 0.15) is 11.8 Å². The van der Waals surface area contributed by atoms with Gasteiger partial charge in [0.25, 0.3) is 5.56 Å². The van der Waals surface area contributed by atoms with Gasteiger partial charge in [0.05, 0.1) is 26.0 Å². The molecule has 0 spiro atoms. The van der Waals surface area contributed by atoms with Gasteiger partial charge >= 0.3 is 5.97 Å². The molecule has 0 saturated heterocycles. The molecule has 0 radical (unpaired) electrons. The molecule has 1 amide bonds. The van der Waals surface area contributed by atoms with E-state index >= 15 is 0 Å². The van der Waals surface area contributed by atoms with Gasteiger partial charge in [-0.25, -0.2) is 4.79 Å². The Bertz CT molecular complexity index is 1670. The summed E-state index contributed by atoms with van der Waals surface area (Å²) in [6.45, 7) is 1.43. The molecular formula is C31H26BrClN2O6. The number of anilines is 1. The van der Waals surface area contributed by atoms with E-state index in [1.807, 2.05) is 24.3 Å². The summed E-state index contributed by atoms with van der Waals surface area (Å²) in [5.41, 5.74) is 2.31. The molecule has 10 heteroatoms. The van der Waals surface area contributed by atoms with Gasteiger partial charge in [-0.3, -0.25) is 19.0 Å². The summed E-state index contributed by atoms with van der Waals surface area (Å²) in [4.78, 5) is 51.4. The molecule has 3 aromatic carbocycles. The van der Waals surface area contributed by atoms with Crippen molar-refractivity contribution in [2.45, 2.75) is 19.4 Å². The number of ether oxygens (including phenoxy) is 2. The second kappa shape index (κ2) is 13.0. The second-order valence-corrected chi connectivity index (χ2v) is 10.5. The first kappa shape index (κ1) is 29.8. The van der Waals surface area contributed by atoms with Crippen LogP contribution in [-0.2, 0) is 16.0 Å². The number of benzene rings is 3. The Morgan fingerprint density at radius 1 is 0.951 bits per heavy atom. The van der Waals surface area contributed by atoms with Gasteiger partial charge in [0, 0.05) is 38.8 Å². The highest BCUT2D eigenvalue weighted by Gasteiger charge is 2.25. The van der Waals surface area contributed by atoms with Crippen LogP contribution < -0.4 is 15.6 Å². The zero-order valence-electron chi connectivity index (χ0n) is 22.4. The highest BCUT2D eigenvalue weighted by molar-refractivity contribution is 9.10. The number of amides is 1. The van der Waals surface area contributed by atoms with Crippen molar-refractivity contribution in [3.8, 4) is 16.9 Å². The molecule has 0 aliphatic heterocycles. The van der Waals surface area contributed by atoms with Gasteiger partial charge in [-0.2, -0.15) is 0 Å². The van der Waals surface area contributed by atoms with Gasteiger partial charge in [0.2, 0.25) is 5.91 Å². The third kappa shape index (κ3) is 6.93. The maximum absolute atomic E-state index is 13.7. The lowest BCUT2D eigenvalue weighted by molar-refractivity contribution is -0.119. The van der Waals surface area contributed by atoms with Crippen molar-refractivity contribution >= 4 is 50.9 Å². The number of methoxy groups -OCH3 is 2. The molecule has 1 N–H and O–H groups in total. The van der Waals surface area contributed by atoms with Crippen molar-refractivity contribution in [3.05, 3.63) is 116 Å². The first-order valence-corrected chi connectivity index (χ1v) is 13.6. The third-order valence-corrected chi connectivity index (χ3v) is 7.23. The topological polar surface area (TPSA) is 104 Å². The SMILES string of the molecule is COC(=O)c1ccc(NC(=O)C(Cc2ccc(Br)cc2)n2cc(OC)c(-c3cc(Cl)ccc3C(C)=O)cc2=O)cc1. The number of carbonyl (C=O) groups is 3. The fourth-order valence-corrected chi connectivity index (χ4v) is 4.82. The van der Waals surface area contributed by atoms with E-state index in [9.17, 15) is 19.2 Å². The number of esters is 1. The summed E-state index contributed by atoms with van der Waals surface area (Å²) < 4.78 is 12.5. The minimum Gasteiger partial charge on any atom is -0.495 e. The van der Waals surface area contributed by atoms with Gasteiger partial charge in [-0.1, -0.05) is 39.7 Å². The van der Waals surface area contributed by atoms with Crippen LogP contribution in [0.1, 0.15) is 39.2 Å². The number of hydrogen-bond donors (Lipinski definition) is 1. The molecule has 0 saturated carbocycles. The average Bonchev–Trinajstić information content (AvgIpc) is 2.96. The predicted molar refractivity (Wildman–Crippen MR) is 161 cm³/mol. The van der Waals surface area contributed by atoms with Crippen LogP contribution in [-0.4, -0.2) is 36.4 Å². The summed E-state index contributed by atoms with van der Waals surface area (Å²) in [5, 5.41) is 3.23. The Kier molecular flexibility index (Phi) is 9.42. The average molecular weight is 638 g/mol. The second-order valence-electron chi connectivity index (χ2n) is 9.15. The van der Waals surface area contributed by atoms with Crippen molar-refractivity contribution in [2.24, 2.45) is 0 Å². The molecule has 4 rings (SSSR count). The lowest BCUT2D eigenvalue weighted by atomic mass is 9.97. The van der Waals surface area contributed by atoms with Crippen LogP contribution in [0.15, 0.2) is 88.3 Å². The zero-order valence-corrected chi connectivity index (χ0v) is 24.8. The van der Waals surface area contributed by atoms with Crippen molar-refractivity contribution in [1.29, 1.82) is 0 Å². The van der Waals surface area contributed by atoms with Crippen LogP contribution in [0.4, 0.5) is 5.69 Å². The highest BCUT2D eigenvalue weighted by atomic mass is 79.9. The summed E-state index contributed by atoms with van der Waals surface area (Å²) in [6, 6.07) is 18.8. The molecule has 0 fully saturated rings. The van der Waals surface area contributed by atoms with Crippen molar-refractivity contribution in [3.63, 3.8) is 0 Å². The number of nitrogens with one attached hydrogen (secondary N) is 1. The fourth-order valence-electron chi connectivity index (χ4n) is 4.39. The lowest BCUT2D eigenvalue weighted by Gasteiger charge is -2.22. The molecule has 0 aliphatic carbocycles. The maximum Gasteiger partial charge on any atom is 0.337 e. The van der Waals surface area contributed by atoms with E-state index in [2.05, 4.69) is 21.2 Å². The third-order valence-electron chi connectivity index (χ3n) is 6.47. The molecule has 41 heavy (non-hydrogen) atoms. The first-order valence-electron chi connectivity index (χ1n) is 12.5. The normalized spacial score (nSPS) is 11.4. The minimum absolute atomic E-state index is 0.192. The number of hydrogen-bond acceptors (Lipinski definition) is 6. The Labute approximate surface area is 250 Å². The maximum atomic E-state index is 13.7. The van der Waals surface area contributed by atoms with Gasteiger partial charge in [0.15, 0.2) is 5.78 Å². The number of aromatic nitrogens is 1. The first-order chi connectivity index (χ1) is 19.6. The standard InChI is InChI=1S/C31H26BrClN2O6/c1-18(36)24-13-10-22(33)15-25(24)26-16-29(37)35(17-28(26)40-2)27(14-19-4-8-21(32)9-5-19)30(38)34-23-11-6-20(7-12-23)31(39)41-3/h4-13,15-17,27H,14H2,1-3H3,(H,34,38). The number of Topliss-reactive ketones (excluding diaryl/α,β-unsaturated/α-hetero) is 1. The molecule has 210 valence electrons. The molecule has 8 nitrogen and oxygen atoms in total. The number of halogens is 2. The van der Waals surface area contributed by atoms with Crippen LogP contribution in [0.2, 0.25) is 5.02 Å². The molecule has 1 atom stereocenters. The quantitative estimate of drug-likeness (QED) is 0.169. The lowest BCUT2D eigenvalue weighted by Crippen LogP contribution is -2.34. The summed E-state index contributed by atoms with van der Waals surface area (Å²) >= 11 is 9.64. The molecule has 1 unspecified atom stereocenters. The van der Waals surface area contributed by atoms with Gasteiger partial charge < -0.3 is 14.8 Å². The van der Waals surface area contributed by atoms with Crippen LogP contribution >= 0.6 is 27.5 Å². The van der Waals surface area contributed by atoms with E-state index < -0.39 is 23.5 Å². The number of pyridine rings is 1. The van der Waals surface area contributed by atoms with Crippen molar-refractivity contribution < 1.29 is 23.9 Å². The van der Waals surface area contributed by atoms with Crippen LogP contribution in [0.3, 0.4) is 0 Å². The molecule has 4 aromatic rings. The Balaban J connectivity index is 1.78. The molecule has 1 aromatic heterocycles. The summed E-state index contributed by atoms with van der Waals surface area (Å²) in [7, 11) is 2.73. The fraction of sp³-hybridized carbons (Fsp3) is 0.161. The largest absolute Gasteiger partial charge is 0.495 e. The Morgan fingerprint density at radius 3 is 2.24 bits per heavy atom. The van der Waals surface area contributed by atoms with Gasteiger partial charge in [-0.05, 0) is 72.6 Å². The summed E-state index contributed by atoms with van der Waals surface area (Å²) in [6.07, 6.45) is 1.66. The highest BCUT2D eigenvalue weighted by Crippen LogP contribution is 2.34. The smallest absolute Gasteiger partial charge is 0.337 e. The Hall–Kier alpha value is -4.21. The van der Waals surface area contributed by atoms with E-state index in [1.54, 1.807) is 30.3 Å². The van der Waals surface area contributed by atoms with E-state index in [0.717, 1.165) is 10.0 Å². The number of ketones is 1. The minimum atomic E-state index is -0.974. The van der Waals surface area contributed by atoms with E-state index in [-0.39, 0.29) is 18.0 Å². The number of rotatable bonds is 9. The molecular weight excluding hydrogens is 612 g/mol. The Morgan fingerprint density at radius 2 is 1.63 bits per heavy atom. The van der Waals surface area contributed by atoms with Gasteiger partial charge in [-0.15, -0.1) is 0 Å². The van der Waals surface area contributed by atoms with Crippen molar-refractivity contribution in [1.82, 2.24) is 4.57 Å². The van der Waals surface area contributed by atoms with Crippen LogP contribution in [0.5, 0.6) is 5.75 Å². The molecule has 0 aliphatic rings. The number of nitrogens with zero attached hydrogens (tertiary/aromatic N) is 1. The zero-order chi connectivity index (χ0) is 29.7. The monoisotopic (exact) mass is 636 g/mol. The predicted octanol–water partition coefficient (Wildman–Crippen LogP) is 6.35. The molecule has 0 bridgehead atoms. The van der Waals surface area contributed by atoms with E-state index in [4.69, 9.17) is 21.1 Å². The van der Waals surface area contributed by atoms with E-state index in [1.165, 1.54) is 50.1 Å². The van der Waals surface area contributed by atoms with Crippen molar-refractivity contribution in [2.75, 3.05) is 19.5 Å².